The van der Waals surface area contributed by atoms with Gasteiger partial charge in [0.1, 0.15) is 0 Å². The molecule has 0 radical (unpaired) electrons. The van der Waals surface area contributed by atoms with Crippen LogP contribution in [0.5, 0.6) is 0 Å². The Morgan fingerprint density at radius 2 is 1.23 bits per heavy atom. The molecular weight excluding hydrogens is 268 g/mol. The van der Waals surface area contributed by atoms with Crippen LogP contribution in [0.2, 0.25) is 0 Å². The molecule has 3 aromatic carbocycles. The van der Waals surface area contributed by atoms with Gasteiger partial charge in [0, 0.05) is 0 Å². The van der Waals surface area contributed by atoms with Crippen molar-refractivity contribution in [2.75, 3.05) is 0 Å². The van der Waals surface area contributed by atoms with Crippen molar-refractivity contribution in [2.45, 2.75) is 20.0 Å². The first-order chi connectivity index (χ1) is 10.8. The van der Waals surface area contributed by atoms with Crippen molar-refractivity contribution in [3.63, 3.8) is 0 Å². The summed E-state index contributed by atoms with van der Waals surface area (Å²) in [5, 5.41) is 8.72. The van der Waals surface area contributed by atoms with Gasteiger partial charge in [-0.15, -0.1) is 0 Å². The maximum absolute atomic E-state index is 8.72. The van der Waals surface area contributed by atoms with Crippen LogP contribution in [0.3, 0.4) is 0 Å². The molecule has 110 valence electrons. The lowest BCUT2D eigenvalue weighted by atomic mass is 10.1. The smallest absolute Gasteiger partial charge is 0.0684 e. The number of benzene rings is 3. The van der Waals surface area contributed by atoms with Gasteiger partial charge < -0.3 is 5.11 Å². The Morgan fingerprint density at radius 1 is 0.727 bits per heavy atom. The Morgan fingerprint density at radius 3 is 1.73 bits per heavy atom. The maximum Gasteiger partial charge on any atom is 0.0684 e. The number of fused-ring (bicyclic) bond motifs is 3. The highest BCUT2D eigenvalue weighted by molar-refractivity contribution is 5.76. The quantitative estimate of drug-likeness (QED) is 0.536. The van der Waals surface area contributed by atoms with Gasteiger partial charge in [-0.2, -0.15) is 0 Å². The highest BCUT2D eigenvalue weighted by Crippen LogP contribution is 2.35. The van der Waals surface area contributed by atoms with Crippen molar-refractivity contribution in [3.05, 3.63) is 95.1 Å². The SMILES string of the molecule is Cc1ccccc1CO.c1ccc2c(c1)Cc1ccccc1-2. The van der Waals surface area contributed by atoms with Gasteiger partial charge in [0.2, 0.25) is 0 Å². The molecule has 0 fully saturated rings. The van der Waals surface area contributed by atoms with Gasteiger partial charge in [0.05, 0.1) is 6.61 Å². The van der Waals surface area contributed by atoms with Crippen LogP contribution in [-0.2, 0) is 13.0 Å². The molecule has 4 rings (SSSR count). The van der Waals surface area contributed by atoms with E-state index in [0.717, 1.165) is 17.5 Å². The molecule has 3 aromatic rings. The molecule has 1 heteroatoms. The fourth-order valence-electron chi connectivity index (χ4n) is 2.87. The molecule has 0 spiro atoms. The van der Waals surface area contributed by atoms with Gasteiger partial charge in [-0.05, 0) is 46.7 Å². The molecule has 0 heterocycles. The summed E-state index contributed by atoms with van der Waals surface area (Å²) >= 11 is 0. The number of aliphatic hydroxyl groups is 1. The molecule has 0 saturated heterocycles. The van der Waals surface area contributed by atoms with Gasteiger partial charge in [0.25, 0.3) is 0 Å². The number of rotatable bonds is 1. The molecular formula is C21H20O. The molecule has 0 saturated carbocycles. The highest BCUT2D eigenvalue weighted by Gasteiger charge is 2.15. The van der Waals surface area contributed by atoms with E-state index in [9.17, 15) is 0 Å². The van der Waals surface area contributed by atoms with Gasteiger partial charge in [-0.3, -0.25) is 0 Å². The van der Waals surface area contributed by atoms with Crippen molar-refractivity contribution < 1.29 is 5.11 Å². The topological polar surface area (TPSA) is 20.2 Å². The lowest BCUT2D eigenvalue weighted by molar-refractivity contribution is 0.281. The minimum absolute atomic E-state index is 0.146. The van der Waals surface area contributed by atoms with Crippen LogP contribution in [0.4, 0.5) is 0 Å². The monoisotopic (exact) mass is 288 g/mol. The van der Waals surface area contributed by atoms with Crippen LogP contribution >= 0.6 is 0 Å². The molecule has 0 atom stereocenters. The van der Waals surface area contributed by atoms with Crippen molar-refractivity contribution >= 4 is 0 Å². The number of aliphatic hydroxyl groups excluding tert-OH is 1. The molecule has 0 amide bonds. The molecule has 0 aromatic heterocycles. The fraction of sp³-hybridized carbons (Fsp3) is 0.143. The zero-order valence-electron chi connectivity index (χ0n) is 12.8. The van der Waals surface area contributed by atoms with E-state index in [2.05, 4.69) is 48.5 Å². The largest absolute Gasteiger partial charge is 0.392 e. The summed E-state index contributed by atoms with van der Waals surface area (Å²) in [6, 6.07) is 25.1. The van der Waals surface area contributed by atoms with Gasteiger partial charge in [0.15, 0.2) is 0 Å². The summed E-state index contributed by atoms with van der Waals surface area (Å²) in [7, 11) is 0. The van der Waals surface area contributed by atoms with Gasteiger partial charge in [-0.1, -0.05) is 72.8 Å². The van der Waals surface area contributed by atoms with Crippen LogP contribution in [0.25, 0.3) is 11.1 Å². The summed E-state index contributed by atoms with van der Waals surface area (Å²) < 4.78 is 0. The second-order valence-electron chi connectivity index (χ2n) is 5.58. The Kier molecular flexibility index (Phi) is 4.36. The maximum atomic E-state index is 8.72. The molecule has 0 unspecified atom stereocenters. The summed E-state index contributed by atoms with van der Waals surface area (Å²) in [6.45, 7) is 2.14. The van der Waals surface area contributed by atoms with E-state index in [4.69, 9.17) is 5.11 Å². The molecule has 22 heavy (non-hydrogen) atoms. The zero-order chi connectivity index (χ0) is 15.4. The van der Waals surface area contributed by atoms with E-state index in [1.165, 1.54) is 22.3 Å². The molecule has 1 nitrogen and oxygen atoms in total. The molecule has 0 bridgehead atoms. The predicted octanol–water partition coefficient (Wildman–Crippen LogP) is 4.75. The standard InChI is InChI=1S/C13H10.C8H10O/c1-3-7-12-10(5-1)9-11-6-2-4-8-13(11)12;1-7-4-2-3-5-8(7)6-9/h1-8H,9H2;2-5,9H,6H2,1H3. The first-order valence-corrected chi connectivity index (χ1v) is 7.61. The number of hydrogen-bond acceptors (Lipinski definition) is 1. The van der Waals surface area contributed by atoms with E-state index in [1.54, 1.807) is 0 Å². The Labute approximate surface area is 131 Å². The van der Waals surface area contributed by atoms with E-state index >= 15 is 0 Å². The van der Waals surface area contributed by atoms with E-state index in [-0.39, 0.29) is 6.61 Å². The Balaban J connectivity index is 0.000000142. The van der Waals surface area contributed by atoms with Gasteiger partial charge >= 0.3 is 0 Å². The third-order valence-corrected chi connectivity index (χ3v) is 4.14. The first-order valence-electron chi connectivity index (χ1n) is 7.61. The van der Waals surface area contributed by atoms with Crippen LogP contribution in [-0.4, -0.2) is 5.11 Å². The predicted molar refractivity (Wildman–Crippen MR) is 91.8 cm³/mol. The Hall–Kier alpha value is -2.38. The molecule has 1 N–H and O–H groups in total. The van der Waals surface area contributed by atoms with E-state index < -0.39 is 0 Å². The van der Waals surface area contributed by atoms with Gasteiger partial charge in [-0.25, -0.2) is 0 Å². The minimum Gasteiger partial charge on any atom is -0.392 e. The van der Waals surface area contributed by atoms with Crippen LogP contribution in [0, 0.1) is 6.92 Å². The van der Waals surface area contributed by atoms with Crippen LogP contribution in [0.15, 0.2) is 72.8 Å². The summed E-state index contributed by atoms with van der Waals surface area (Å²) in [6.07, 6.45) is 1.10. The fourth-order valence-corrected chi connectivity index (χ4v) is 2.87. The van der Waals surface area contributed by atoms with Crippen LogP contribution in [0.1, 0.15) is 22.3 Å². The number of hydrogen-bond donors (Lipinski definition) is 1. The third kappa shape index (κ3) is 2.95. The summed E-state index contributed by atoms with van der Waals surface area (Å²) in [5.41, 5.74) is 7.92. The third-order valence-electron chi connectivity index (χ3n) is 4.14. The van der Waals surface area contributed by atoms with Crippen molar-refractivity contribution in [3.8, 4) is 11.1 Å². The lowest BCUT2D eigenvalue weighted by Crippen LogP contribution is -1.85. The zero-order valence-corrected chi connectivity index (χ0v) is 12.8. The van der Waals surface area contributed by atoms with Crippen molar-refractivity contribution in [1.29, 1.82) is 0 Å². The number of aryl methyl sites for hydroxylation is 1. The van der Waals surface area contributed by atoms with E-state index in [0.29, 0.717) is 0 Å². The molecule has 1 aliphatic carbocycles. The highest BCUT2D eigenvalue weighted by atomic mass is 16.3. The van der Waals surface area contributed by atoms with Crippen molar-refractivity contribution in [2.24, 2.45) is 0 Å². The molecule has 0 aliphatic heterocycles. The Bertz CT molecular complexity index is 731. The van der Waals surface area contributed by atoms with E-state index in [1.807, 2.05) is 31.2 Å². The molecule has 1 aliphatic rings. The second-order valence-corrected chi connectivity index (χ2v) is 5.58. The van der Waals surface area contributed by atoms with Crippen LogP contribution < -0.4 is 0 Å². The first kappa shape index (κ1) is 14.6. The normalized spacial score (nSPS) is 11.2. The average Bonchev–Trinajstić information content (AvgIpc) is 2.95. The lowest BCUT2D eigenvalue weighted by Gasteiger charge is -1.98. The summed E-state index contributed by atoms with van der Waals surface area (Å²) in [5.74, 6) is 0. The average molecular weight is 288 g/mol. The summed E-state index contributed by atoms with van der Waals surface area (Å²) in [4.78, 5) is 0. The minimum atomic E-state index is 0.146. The van der Waals surface area contributed by atoms with Crippen molar-refractivity contribution in [1.82, 2.24) is 0 Å². The second kappa shape index (κ2) is 6.59.